The van der Waals surface area contributed by atoms with Crippen molar-refractivity contribution in [3.63, 3.8) is 0 Å². The Bertz CT molecular complexity index is 111. The summed E-state index contributed by atoms with van der Waals surface area (Å²) < 4.78 is 0. The Kier molecular flexibility index (Phi) is 3.30. The molecule has 1 aliphatic heterocycles. The molecule has 66 valence electrons. The minimum absolute atomic E-state index is 0.108. The highest BCUT2D eigenvalue weighted by molar-refractivity contribution is 4.74. The summed E-state index contributed by atoms with van der Waals surface area (Å²) in [5, 5.41) is 11.3. The fourth-order valence-electron chi connectivity index (χ4n) is 1.64. The molecule has 3 N–H and O–H groups in total. The molecule has 1 aliphatic rings. The zero-order valence-electron chi connectivity index (χ0n) is 7.16. The summed E-state index contributed by atoms with van der Waals surface area (Å²) in [5.41, 5.74) is 0. The average molecular weight is 158 g/mol. The molecule has 3 nitrogen and oxygen atoms in total. The van der Waals surface area contributed by atoms with Crippen LogP contribution in [0.25, 0.3) is 0 Å². The molecular weight excluding hydrogens is 140 g/mol. The number of aliphatic hydroxyl groups is 1. The van der Waals surface area contributed by atoms with Crippen molar-refractivity contribution in [1.29, 1.82) is 0 Å². The Hall–Kier alpha value is -0.120. The van der Waals surface area contributed by atoms with Gasteiger partial charge in [-0.3, -0.25) is 5.84 Å². The van der Waals surface area contributed by atoms with Gasteiger partial charge in [0.1, 0.15) is 0 Å². The summed E-state index contributed by atoms with van der Waals surface area (Å²) in [6.07, 6.45) is 2.86. The zero-order chi connectivity index (χ0) is 8.27. The Morgan fingerprint density at radius 1 is 1.55 bits per heavy atom. The summed E-state index contributed by atoms with van der Waals surface area (Å²) in [5.74, 6) is 6.08. The van der Waals surface area contributed by atoms with E-state index in [9.17, 15) is 5.11 Å². The van der Waals surface area contributed by atoms with Crippen LogP contribution in [0.15, 0.2) is 0 Å². The molecule has 1 fully saturated rings. The number of rotatable bonds is 2. The number of aliphatic hydroxyl groups excluding tert-OH is 1. The Morgan fingerprint density at radius 2 is 2.09 bits per heavy atom. The minimum atomic E-state index is -0.108. The first-order chi connectivity index (χ1) is 5.24. The minimum Gasteiger partial charge on any atom is -0.393 e. The van der Waals surface area contributed by atoms with Crippen molar-refractivity contribution in [2.75, 3.05) is 13.1 Å². The molecule has 0 spiro atoms. The summed E-state index contributed by atoms with van der Waals surface area (Å²) in [6, 6.07) is 0. The third kappa shape index (κ3) is 2.43. The second-order valence-electron chi connectivity index (χ2n) is 3.35. The highest BCUT2D eigenvalue weighted by Gasteiger charge is 2.22. The lowest BCUT2D eigenvalue weighted by Gasteiger charge is -2.31. The quantitative estimate of drug-likeness (QED) is 0.570. The summed E-state index contributed by atoms with van der Waals surface area (Å²) in [7, 11) is 0. The lowest BCUT2D eigenvalue weighted by atomic mass is 9.91. The van der Waals surface area contributed by atoms with Gasteiger partial charge in [-0.05, 0) is 25.2 Å². The maximum Gasteiger partial charge on any atom is 0.0566 e. The Morgan fingerprint density at radius 3 is 2.55 bits per heavy atom. The largest absolute Gasteiger partial charge is 0.393 e. The average Bonchev–Trinajstić information content (AvgIpc) is 2.05. The second kappa shape index (κ2) is 4.04. The van der Waals surface area contributed by atoms with Crippen LogP contribution in [0.3, 0.4) is 0 Å². The molecule has 0 amide bonds. The van der Waals surface area contributed by atoms with E-state index in [0.29, 0.717) is 5.92 Å². The lowest BCUT2D eigenvalue weighted by Crippen LogP contribution is -2.41. The predicted molar refractivity (Wildman–Crippen MR) is 44.8 cm³/mol. The Balaban J connectivity index is 2.27. The zero-order valence-corrected chi connectivity index (χ0v) is 7.16. The van der Waals surface area contributed by atoms with Gasteiger partial charge < -0.3 is 5.11 Å². The fraction of sp³-hybridized carbons (Fsp3) is 1.00. The molecule has 1 saturated heterocycles. The predicted octanol–water partition coefficient (Wildman–Crippen LogP) is 0.343. The van der Waals surface area contributed by atoms with Crippen molar-refractivity contribution < 1.29 is 5.11 Å². The molecule has 0 aromatic heterocycles. The maximum atomic E-state index is 9.51. The van der Waals surface area contributed by atoms with Crippen LogP contribution in [0.1, 0.15) is 26.2 Å². The SMILES string of the molecule is CCC(O)C1CCN(N)CC1. The van der Waals surface area contributed by atoms with Crippen LogP contribution >= 0.6 is 0 Å². The van der Waals surface area contributed by atoms with Crippen LogP contribution in [0.5, 0.6) is 0 Å². The van der Waals surface area contributed by atoms with Crippen molar-refractivity contribution in [3.05, 3.63) is 0 Å². The van der Waals surface area contributed by atoms with Crippen LogP contribution in [0, 0.1) is 5.92 Å². The Labute approximate surface area is 68.2 Å². The molecule has 0 bridgehead atoms. The molecule has 0 aliphatic carbocycles. The smallest absolute Gasteiger partial charge is 0.0566 e. The molecule has 1 rings (SSSR count). The van der Waals surface area contributed by atoms with Gasteiger partial charge in [-0.2, -0.15) is 0 Å². The third-order valence-corrected chi connectivity index (χ3v) is 2.54. The number of hydrazine groups is 1. The summed E-state index contributed by atoms with van der Waals surface area (Å²) in [6.45, 7) is 3.89. The number of nitrogens with zero attached hydrogens (tertiary/aromatic N) is 1. The first-order valence-corrected chi connectivity index (χ1v) is 4.41. The molecular formula is C8H18N2O. The van der Waals surface area contributed by atoms with Crippen molar-refractivity contribution >= 4 is 0 Å². The molecule has 0 radical (unpaired) electrons. The topological polar surface area (TPSA) is 49.5 Å². The van der Waals surface area contributed by atoms with E-state index in [1.807, 2.05) is 11.9 Å². The van der Waals surface area contributed by atoms with E-state index < -0.39 is 0 Å². The van der Waals surface area contributed by atoms with Crippen LogP contribution in [-0.2, 0) is 0 Å². The lowest BCUT2D eigenvalue weighted by molar-refractivity contribution is 0.0571. The van der Waals surface area contributed by atoms with Crippen molar-refractivity contribution in [1.82, 2.24) is 5.01 Å². The van der Waals surface area contributed by atoms with E-state index in [2.05, 4.69) is 0 Å². The van der Waals surface area contributed by atoms with E-state index in [1.54, 1.807) is 0 Å². The summed E-state index contributed by atoms with van der Waals surface area (Å²) in [4.78, 5) is 0. The van der Waals surface area contributed by atoms with E-state index in [4.69, 9.17) is 5.84 Å². The van der Waals surface area contributed by atoms with E-state index >= 15 is 0 Å². The van der Waals surface area contributed by atoms with E-state index in [0.717, 1.165) is 32.4 Å². The number of piperidine rings is 1. The molecule has 1 unspecified atom stereocenters. The maximum absolute atomic E-state index is 9.51. The first kappa shape index (κ1) is 8.97. The molecule has 0 aromatic rings. The monoisotopic (exact) mass is 158 g/mol. The summed E-state index contributed by atoms with van der Waals surface area (Å²) >= 11 is 0. The molecule has 1 heterocycles. The van der Waals surface area contributed by atoms with Crippen molar-refractivity contribution in [2.24, 2.45) is 11.8 Å². The van der Waals surface area contributed by atoms with Gasteiger partial charge in [0.25, 0.3) is 0 Å². The van der Waals surface area contributed by atoms with Crippen molar-refractivity contribution in [3.8, 4) is 0 Å². The van der Waals surface area contributed by atoms with Gasteiger partial charge in [0.2, 0.25) is 0 Å². The molecule has 0 aromatic carbocycles. The standard InChI is InChI=1S/C8H18N2O/c1-2-8(11)7-3-5-10(9)6-4-7/h7-8,11H,2-6,9H2,1H3. The number of hydrogen-bond donors (Lipinski definition) is 2. The molecule has 11 heavy (non-hydrogen) atoms. The normalized spacial score (nSPS) is 25.4. The van der Waals surface area contributed by atoms with Gasteiger partial charge >= 0.3 is 0 Å². The fourth-order valence-corrected chi connectivity index (χ4v) is 1.64. The number of hydrogen-bond acceptors (Lipinski definition) is 3. The van der Waals surface area contributed by atoms with Crippen molar-refractivity contribution in [2.45, 2.75) is 32.3 Å². The molecule has 1 atom stereocenters. The highest BCUT2D eigenvalue weighted by atomic mass is 16.3. The van der Waals surface area contributed by atoms with Crippen LogP contribution < -0.4 is 5.84 Å². The van der Waals surface area contributed by atoms with Gasteiger partial charge in [-0.25, -0.2) is 5.01 Å². The first-order valence-electron chi connectivity index (χ1n) is 4.41. The third-order valence-electron chi connectivity index (χ3n) is 2.54. The number of nitrogens with two attached hydrogens (primary N) is 1. The van der Waals surface area contributed by atoms with Gasteiger partial charge in [0.05, 0.1) is 6.10 Å². The van der Waals surface area contributed by atoms with Crippen LogP contribution in [0.2, 0.25) is 0 Å². The highest BCUT2D eigenvalue weighted by Crippen LogP contribution is 2.20. The molecule has 3 heteroatoms. The van der Waals surface area contributed by atoms with E-state index in [1.165, 1.54) is 0 Å². The molecule has 0 saturated carbocycles. The second-order valence-corrected chi connectivity index (χ2v) is 3.35. The van der Waals surface area contributed by atoms with E-state index in [-0.39, 0.29) is 6.10 Å². The van der Waals surface area contributed by atoms with Crippen LogP contribution in [0.4, 0.5) is 0 Å². The van der Waals surface area contributed by atoms with Gasteiger partial charge in [0, 0.05) is 13.1 Å². The van der Waals surface area contributed by atoms with Gasteiger partial charge in [-0.1, -0.05) is 6.92 Å². The van der Waals surface area contributed by atoms with Crippen LogP contribution in [-0.4, -0.2) is 29.3 Å². The van der Waals surface area contributed by atoms with Gasteiger partial charge in [-0.15, -0.1) is 0 Å². The van der Waals surface area contributed by atoms with Gasteiger partial charge in [0.15, 0.2) is 0 Å².